The lowest BCUT2D eigenvalue weighted by molar-refractivity contribution is 0.762. The van der Waals surface area contributed by atoms with Crippen molar-refractivity contribution in [1.82, 2.24) is 19.7 Å². The monoisotopic (exact) mass is 336 g/mol. The van der Waals surface area contributed by atoms with E-state index in [9.17, 15) is 4.79 Å². The van der Waals surface area contributed by atoms with Gasteiger partial charge in [0.15, 0.2) is 0 Å². The fourth-order valence-electron chi connectivity index (χ4n) is 2.96. The Morgan fingerprint density at radius 2 is 1.64 bits per heavy atom. The van der Waals surface area contributed by atoms with E-state index in [1.807, 2.05) is 26.8 Å². The molecule has 0 amide bonds. The Morgan fingerprint density at radius 3 is 2.20 bits per heavy atom. The lowest BCUT2D eigenvalue weighted by Gasteiger charge is -2.06. The second kappa shape index (κ2) is 6.67. The zero-order valence-electron chi connectivity index (χ0n) is 15.4. The first-order chi connectivity index (χ1) is 11.8. The number of benzene rings is 1. The zero-order chi connectivity index (χ0) is 18.1. The first-order valence-corrected chi connectivity index (χ1v) is 8.57. The molecule has 0 radical (unpaired) electrons. The van der Waals surface area contributed by atoms with Crippen LogP contribution in [0.3, 0.4) is 0 Å². The van der Waals surface area contributed by atoms with Gasteiger partial charge in [-0.2, -0.15) is 4.68 Å². The highest BCUT2D eigenvalue weighted by molar-refractivity contribution is 5.32. The molecule has 0 unspecified atom stereocenters. The van der Waals surface area contributed by atoms with Crippen LogP contribution in [0.5, 0.6) is 0 Å². The molecule has 0 bridgehead atoms. The fraction of sp³-hybridized carbons (Fsp3) is 0.350. The molecule has 0 spiro atoms. The molecule has 0 aliphatic rings. The second-order valence-electron chi connectivity index (χ2n) is 6.88. The van der Waals surface area contributed by atoms with Crippen LogP contribution in [0.4, 0.5) is 0 Å². The van der Waals surface area contributed by atoms with Crippen LogP contribution in [0, 0.1) is 20.8 Å². The summed E-state index contributed by atoms with van der Waals surface area (Å²) in [5, 5.41) is 3.11. The molecule has 0 fully saturated rings. The molecule has 2 heterocycles. The number of aryl methyl sites for hydroxylation is 3. The molecule has 1 N–H and O–H groups in total. The van der Waals surface area contributed by atoms with Crippen LogP contribution in [-0.4, -0.2) is 19.7 Å². The van der Waals surface area contributed by atoms with Crippen molar-refractivity contribution in [1.29, 1.82) is 0 Å². The second-order valence-corrected chi connectivity index (χ2v) is 6.88. The van der Waals surface area contributed by atoms with Gasteiger partial charge in [0.05, 0.1) is 0 Å². The van der Waals surface area contributed by atoms with Crippen LogP contribution in [-0.2, 0) is 6.42 Å². The van der Waals surface area contributed by atoms with E-state index in [-0.39, 0.29) is 5.56 Å². The van der Waals surface area contributed by atoms with Crippen LogP contribution in [0.2, 0.25) is 0 Å². The molecule has 0 saturated carbocycles. The molecule has 0 saturated heterocycles. The molecule has 5 nitrogen and oxygen atoms in total. The molecule has 25 heavy (non-hydrogen) atoms. The summed E-state index contributed by atoms with van der Waals surface area (Å²) < 4.78 is 1.44. The van der Waals surface area contributed by atoms with E-state index in [1.165, 1.54) is 10.2 Å². The van der Waals surface area contributed by atoms with Crippen LogP contribution < -0.4 is 5.56 Å². The Morgan fingerprint density at radius 1 is 1.04 bits per heavy atom. The molecule has 1 aromatic carbocycles. The van der Waals surface area contributed by atoms with Crippen molar-refractivity contribution in [3.8, 4) is 5.95 Å². The number of nitrogens with zero attached hydrogens (tertiary/aromatic N) is 3. The third-order valence-electron chi connectivity index (χ3n) is 4.39. The highest BCUT2D eigenvalue weighted by atomic mass is 16.1. The van der Waals surface area contributed by atoms with Crippen molar-refractivity contribution >= 4 is 0 Å². The largest absolute Gasteiger partial charge is 0.292 e. The Kier molecular flexibility index (Phi) is 4.57. The van der Waals surface area contributed by atoms with Gasteiger partial charge in [-0.15, -0.1) is 0 Å². The van der Waals surface area contributed by atoms with E-state index < -0.39 is 0 Å². The van der Waals surface area contributed by atoms with Gasteiger partial charge in [-0.1, -0.05) is 38.1 Å². The topological polar surface area (TPSA) is 63.6 Å². The number of aromatic amines is 1. The predicted molar refractivity (Wildman–Crippen MR) is 99.5 cm³/mol. The van der Waals surface area contributed by atoms with Crippen LogP contribution in [0.1, 0.15) is 53.5 Å². The van der Waals surface area contributed by atoms with Gasteiger partial charge in [0.1, 0.15) is 0 Å². The van der Waals surface area contributed by atoms with Gasteiger partial charge in [-0.3, -0.25) is 9.89 Å². The minimum absolute atomic E-state index is 0.0876. The van der Waals surface area contributed by atoms with E-state index in [0.717, 1.165) is 28.2 Å². The Balaban J connectivity index is 1.96. The highest BCUT2D eigenvalue weighted by Crippen LogP contribution is 2.17. The average Bonchev–Trinajstić information content (AvgIpc) is 2.82. The van der Waals surface area contributed by atoms with Gasteiger partial charge in [0.25, 0.3) is 11.5 Å². The Hall–Kier alpha value is -2.69. The zero-order valence-corrected chi connectivity index (χ0v) is 15.4. The summed E-state index contributed by atoms with van der Waals surface area (Å²) in [6.07, 6.45) is 0.595. The third kappa shape index (κ3) is 3.55. The average molecular weight is 336 g/mol. The van der Waals surface area contributed by atoms with Crippen molar-refractivity contribution in [2.75, 3.05) is 0 Å². The van der Waals surface area contributed by atoms with Crippen LogP contribution in [0.15, 0.2) is 35.1 Å². The first-order valence-electron chi connectivity index (χ1n) is 8.57. The lowest BCUT2D eigenvalue weighted by atomic mass is 9.99. The molecule has 3 rings (SSSR count). The maximum Gasteiger partial charge on any atom is 0.277 e. The summed E-state index contributed by atoms with van der Waals surface area (Å²) in [6, 6.07) is 10.3. The van der Waals surface area contributed by atoms with Gasteiger partial charge in [0.2, 0.25) is 0 Å². The summed E-state index contributed by atoms with van der Waals surface area (Å²) in [5.74, 6) is 0.897. The molecule has 0 atom stereocenters. The summed E-state index contributed by atoms with van der Waals surface area (Å²) in [6.45, 7) is 10.1. The van der Waals surface area contributed by atoms with Gasteiger partial charge in [-0.25, -0.2) is 9.97 Å². The van der Waals surface area contributed by atoms with Crippen molar-refractivity contribution < 1.29 is 0 Å². The van der Waals surface area contributed by atoms with Crippen molar-refractivity contribution in [2.45, 2.75) is 47.0 Å². The number of H-pyrrole nitrogens is 1. The van der Waals surface area contributed by atoms with Gasteiger partial charge in [0, 0.05) is 29.1 Å². The Bertz CT molecular complexity index is 929. The maximum atomic E-state index is 12.8. The predicted octanol–water partition coefficient (Wildman–Crippen LogP) is 3.60. The van der Waals surface area contributed by atoms with E-state index in [4.69, 9.17) is 0 Å². The quantitative estimate of drug-likeness (QED) is 0.792. The number of hydrogen-bond donors (Lipinski definition) is 1. The minimum atomic E-state index is -0.0876. The molecule has 130 valence electrons. The van der Waals surface area contributed by atoms with Gasteiger partial charge >= 0.3 is 0 Å². The molecular formula is C20H24N4O. The number of nitrogens with one attached hydrogen (secondary N) is 1. The van der Waals surface area contributed by atoms with Gasteiger partial charge in [-0.05, 0) is 43.9 Å². The first kappa shape index (κ1) is 17.1. The maximum absolute atomic E-state index is 12.8. The lowest BCUT2D eigenvalue weighted by Crippen LogP contribution is -2.20. The fourth-order valence-corrected chi connectivity index (χ4v) is 2.96. The summed E-state index contributed by atoms with van der Waals surface area (Å²) in [5.41, 5.74) is 5.61. The Labute approximate surface area is 147 Å². The molecule has 2 aromatic heterocycles. The minimum Gasteiger partial charge on any atom is -0.292 e. The van der Waals surface area contributed by atoms with Crippen LogP contribution in [0.25, 0.3) is 5.95 Å². The molecule has 3 aromatic rings. The summed E-state index contributed by atoms with van der Waals surface area (Å²) in [7, 11) is 0. The van der Waals surface area contributed by atoms with E-state index in [2.05, 4.69) is 53.2 Å². The van der Waals surface area contributed by atoms with Crippen LogP contribution >= 0.6 is 0 Å². The van der Waals surface area contributed by atoms with Crippen molar-refractivity contribution in [3.05, 3.63) is 74.5 Å². The van der Waals surface area contributed by atoms with E-state index in [0.29, 0.717) is 18.3 Å². The summed E-state index contributed by atoms with van der Waals surface area (Å²) >= 11 is 0. The number of rotatable bonds is 4. The summed E-state index contributed by atoms with van der Waals surface area (Å²) in [4.78, 5) is 21.6. The third-order valence-corrected chi connectivity index (χ3v) is 4.39. The standard InChI is InChI=1S/C20H24N4O/c1-12(2)17-8-6-16(7-9-17)11-18-15(5)23-24(19(18)25)20-21-13(3)10-14(4)22-20/h6-10,12,23H,11H2,1-5H3. The van der Waals surface area contributed by atoms with E-state index in [1.54, 1.807) is 0 Å². The molecule has 5 heteroatoms. The van der Waals surface area contributed by atoms with Gasteiger partial charge < -0.3 is 0 Å². The highest BCUT2D eigenvalue weighted by Gasteiger charge is 2.15. The normalized spacial score (nSPS) is 11.3. The SMILES string of the molecule is Cc1cc(C)nc(-n2[nH]c(C)c(Cc3ccc(C(C)C)cc3)c2=O)n1. The molecular weight excluding hydrogens is 312 g/mol. The number of hydrogen-bond acceptors (Lipinski definition) is 3. The van der Waals surface area contributed by atoms with Crippen molar-refractivity contribution in [3.63, 3.8) is 0 Å². The molecule has 0 aliphatic heterocycles. The molecule has 0 aliphatic carbocycles. The number of aromatic nitrogens is 4. The van der Waals surface area contributed by atoms with E-state index >= 15 is 0 Å². The van der Waals surface area contributed by atoms with Crippen molar-refractivity contribution in [2.24, 2.45) is 0 Å². The smallest absolute Gasteiger partial charge is 0.277 e.